The van der Waals surface area contributed by atoms with Crippen molar-refractivity contribution in [2.45, 2.75) is 0 Å². The van der Waals surface area contributed by atoms with Crippen molar-refractivity contribution in [3.8, 4) is 5.75 Å². The first-order valence-corrected chi connectivity index (χ1v) is 4.87. The molecule has 1 rings (SSSR count). The number of halogens is 3. The highest BCUT2D eigenvalue weighted by atomic mass is 79.9. The summed E-state index contributed by atoms with van der Waals surface area (Å²) in [6.45, 7) is 0. The van der Waals surface area contributed by atoms with Crippen LogP contribution in [0.4, 0.5) is 0 Å². The fraction of sp³-hybridized carbons (Fsp3) is 0. The number of aromatic hydroxyl groups is 1. The third-order valence-corrected chi connectivity index (χ3v) is 3.48. The predicted octanol–water partition coefficient (Wildman–Crippen LogP) is 3.30. The van der Waals surface area contributed by atoms with E-state index < -0.39 is 5.24 Å². The standard InChI is InChI=1S/C7H3Br2ClO2/c8-4-2-1-3(7(10)12)6(11)5(4)9/h1-2,11H. The van der Waals surface area contributed by atoms with Gasteiger partial charge in [-0.3, -0.25) is 4.79 Å². The zero-order valence-electron chi connectivity index (χ0n) is 5.64. The Morgan fingerprint density at radius 2 is 2.00 bits per heavy atom. The van der Waals surface area contributed by atoms with Gasteiger partial charge in [0.25, 0.3) is 5.24 Å². The van der Waals surface area contributed by atoms with E-state index in [2.05, 4.69) is 31.9 Å². The molecule has 12 heavy (non-hydrogen) atoms. The first-order chi connectivity index (χ1) is 5.54. The van der Waals surface area contributed by atoms with Gasteiger partial charge in [0.1, 0.15) is 5.75 Å². The van der Waals surface area contributed by atoms with Crippen molar-refractivity contribution in [3.05, 3.63) is 26.6 Å². The Hall–Kier alpha value is -0.0600. The van der Waals surface area contributed by atoms with Gasteiger partial charge in [-0.05, 0) is 55.6 Å². The molecule has 0 aliphatic carbocycles. The van der Waals surface area contributed by atoms with Gasteiger partial charge in [0, 0.05) is 4.47 Å². The molecular weight excluding hydrogens is 311 g/mol. The van der Waals surface area contributed by atoms with Gasteiger partial charge < -0.3 is 5.11 Å². The van der Waals surface area contributed by atoms with Crippen LogP contribution in [0.15, 0.2) is 21.1 Å². The van der Waals surface area contributed by atoms with Crippen molar-refractivity contribution in [1.29, 1.82) is 0 Å². The van der Waals surface area contributed by atoms with E-state index >= 15 is 0 Å². The molecule has 0 aliphatic heterocycles. The molecule has 0 radical (unpaired) electrons. The summed E-state index contributed by atoms with van der Waals surface area (Å²) in [4.78, 5) is 10.7. The van der Waals surface area contributed by atoms with Crippen molar-refractivity contribution in [1.82, 2.24) is 0 Å². The van der Waals surface area contributed by atoms with Gasteiger partial charge in [-0.25, -0.2) is 0 Å². The highest BCUT2D eigenvalue weighted by Gasteiger charge is 2.12. The van der Waals surface area contributed by atoms with Gasteiger partial charge in [-0.2, -0.15) is 0 Å². The molecule has 0 amide bonds. The number of phenols is 1. The molecule has 0 atom stereocenters. The van der Waals surface area contributed by atoms with E-state index in [4.69, 9.17) is 11.6 Å². The molecule has 2 nitrogen and oxygen atoms in total. The molecule has 0 aliphatic rings. The number of hydrogen-bond donors (Lipinski definition) is 1. The first-order valence-electron chi connectivity index (χ1n) is 2.91. The summed E-state index contributed by atoms with van der Waals surface area (Å²) in [6.07, 6.45) is 0. The average molecular weight is 314 g/mol. The molecule has 0 unspecified atom stereocenters. The Balaban J connectivity index is 3.36. The lowest BCUT2D eigenvalue weighted by molar-refractivity contribution is 0.107. The van der Waals surface area contributed by atoms with Gasteiger partial charge in [-0.1, -0.05) is 0 Å². The summed E-state index contributed by atoms with van der Waals surface area (Å²) in [5, 5.41) is 8.69. The van der Waals surface area contributed by atoms with Crippen molar-refractivity contribution in [2.24, 2.45) is 0 Å². The van der Waals surface area contributed by atoms with Crippen LogP contribution in [0.2, 0.25) is 0 Å². The highest BCUT2D eigenvalue weighted by molar-refractivity contribution is 9.13. The predicted molar refractivity (Wildman–Crippen MR) is 53.7 cm³/mol. The molecule has 0 bridgehead atoms. The Kier molecular flexibility index (Phi) is 3.15. The van der Waals surface area contributed by atoms with Crippen LogP contribution in [0.25, 0.3) is 0 Å². The molecule has 0 aromatic heterocycles. The Morgan fingerprint density at radius 1 is 1.42 bits per heavy atom. The van der Waals surface area contributed by atoms with Crippen molar-refractivity contribution >= 4 is 48.7 Å². The maximum atomic E-state index is 10.7. The number of phenolic OH excluding ortho intramolecular Hbond substituents is 1. The van der Waals surface area contributed by atoms with Crippen LogP contribution < -0.4 is 0 Å². The zero-order chi connectivity index (χ0) is 9.30. The van der Waals surface area contributed by atoms with Crippen LogP contribution >= 0.6 is 43.5 Å². The summed E-state index contributed by atoms with van der Waals surface area (Å²) in [5.74, 6) is -0.149. The summed E-state index contributed by atoms with van der Waals surface area (Å²) in [5.41, 5.74) is 0.0896. The second-order valence-corrected chi connectivity index (χ2v) is 4.02. The van der Waals surface area contributed by atoms with Crippen LogP contribution in [0, 0.1) is 0 Å². The molecule has 5 heteroatoms. The largest absolute Gasteiger partial charge is 0.506 e. The normalized spacial score (nSPS) is 9.92. The highest BCUT2D eigenvalue weighted by Crippen LogP contribution is 2.35. The molecule has 1 aromatic rings. The second kappa shape index (κ2) is 3.77. The van der Waals surface area contributed by atoms with Crippen molar-refractivity contribution < 1.29 is 9.90 Å². The van der Waals surface area contributed by atoms with Gasteiger partial charge in [0.05, 0.1) is 10.0 Å². The number of hydrogen-bond acceptors (Lipinski definition) is 2. The Bertz CT molecular complexity index is 338. The molecule has 0 saturated carbocycles. The number of benzene rings is 1. The van der Waals surface area contributed by atoms with E-state index in [0.717, 1.165) is 0 Å². The van der Waals surface area contributed by atoms with E-state index in [1.165, 1.54) is 6.07 Å². The van der Waals surface area contributed by atoms with Crippen LogP contribution in [0.3, 0.4) is 0 Å². The quantitative estimate of drug-likeness (QED) is 0.808. The van der Waals surface area contributed by atoms with E-state index in [1.807, 2.05) is 0 Å². The van der Waals surface area contributed by atoms with E-state index in [9.17, 15) is 9.90 Å². The fourth-order valence-corrected chi connectivity index (χ4v) is 1.52. The number of carbonyl (C=O) groups excluding carboxylic acids is 1. The molecular formula is C7H3Br2ClO2. The smallest absolute Gasteiger partial charge is 0.256 e. The van der Waals surface area contributed by atoms with Crippen molar-refractivity contribution in [3.63, 3.8) is 0 Å². The van der Waals surface area contributed by atoms with Gasteiger partial charge in [-0.15, -0.1) is 0 Å². The van der Waals surface area contributed by atoms with Crippen LogP contribution in [0.1, 0.15) is 10.4 Å². The Labute approximate surface area is 90.8 Å². The third-order valence-electron chi connectivity index (χ3n) is 1.28. The summed E-state index contributed by atoms with van der Waals surface area (Å²) in [6, 6.07) is 3.07. The lowest BCUT2D eigenvalue weighted by Crippen LogP contribution is -1.89. The second-order valence-electron chi connectivity index (χ2n) is 2.03. The molecule has 0 spiro atoms. The first kappa shape index (κ1) is 10.0. The lowest BCUT2D eigenvalue weighted by atomic mass is 10.2. The summed E-state index contributed by atoms with van der Waals surface area (Å²) < 4.78 is 1.09. The monoisotopic (exact) mass is 312 g/mol. The third kappa shape index (κ3) is 1.81. The topological polar surface area (TPSA) is 37.3 Å². The molecule has 64 valence electrons. The zero-order valence-corrected chi connectivity index (χ0v) is 9.57. The Morgan fingerprint density at radius 3 is 2.50 bits per heavy atom. The van der Waals surface area contributed by atoms with Gasteiger partial charge >= 0.3 is 0 Å². The van der Waals surface area contributed by atoms with Gasteiger partial charge in [0.15, 0.2) is 0 Å². The average Bonchev–Trinajstić information content (AvgIpc) is 2.00. The lowest BCUT2D eigenvalue weighted by Gasteiger charge is -2.02. The minimum absolute atomic E-state index is 0.0896. The van der Waals surface area contributed by atoms with E-state index in [-0.39, 0.29) is 11.3 Å². The van der Waals surface area contributed by atoms with Gasteiger partial charge in [0.2, 0.25) is 0 Å². The molecule has 0 heterocycles. The minimum atomic E-state index is -0.680. The molecule has 0 fully saturated rings. The summed E-state index contributed by atoms with van der Waals surface area (Å²) in [7, 11) is 0. The number of rotatable bonds is 1. The maximum Gasteiger partial charge on any atom is 0.256 e. The molecule has 1 aromatic carbocycles. The minimum Gasteiger partial charge on any atom is -0.506 e. The number of carbonyl (C=O) groups is 1. The van der Waals surface area contributed by atoms with E-state index in [1.54, 1.807) is 6.07 Å². The van der Waals surface area contributed by atoms with Crippen LogP contribution in [-0.2, 0) is 0 Å². The van der Waals surface area contributed by atoms with E-state index in [0.29, 0.717) is 8.95 Å². The summed E-state index contributed by atoms with van der Waals surface area (Å²) >= 11 is 11.5. The van der Waals surface area contributed by atoms with Crippen LogP contribution in [-0.4, -0.2) is 10.3 Å². The van der Waals surface area contributed by atoms with Crippen LogP contribution in [0.5, 0.6) is 5.75 Å². The maximum absolute atomic E-state index is 10.7. The SMILES string of the molecule is O=C(Cl)c1ccc(Br)c(Br)c1O. The van der Waals surface area contributed by atoms with Crippen molar-refractivity contribution in [2.75, 3.05) is 0 Å². The fourth-order valence-electron chi connectivity index (χ4n) is 0.699. The molecule has 0 saturated heterocycles. The molecule has 1 N–H and O–H groups in total.